The van der Waals surface area contributed by atoms with Crippen LogP contribution < -0.4 is 5.73 Å². The van der Waals surface area contributed by atoms with Crippen molar-refractivity contribution in [3.05, 3.63) is 23.2 Å². The van der Waals surface area contributed by atoms with Gasteiger partial charge in [-0.15, -0.1) is 0 Å². The summed E-state index contributed by atoms with van der Waals surface area (Å²) in [6, 6.07) is 1.47. The van der Waals surface area contributed by atoms with Crippen molar-refractivity contribution in [2.75, 3.05) is 6.61 Å². The molecular weight excluding hydrogens is 142 g/mol. The molecule has 0 amide bonds. The maximum atomic E-state index is 8.70. The third-order valence-corrected chi connectivity index (χ3v) is 1.75. The lowest BCUT2D eigenvalue weighted by Crippen LogP contribution is -2.13. The van der Waals surface area contributed by atoms with Gasteiger partial charge in [-0.25, -0.2) is 0 Å². The van der Waals surface area contributed by atoms with Crippen LogP contribution >= 0.6 is 0 Å². The van der Waals surface area contributed by atoms with Crippen molar-refractivity contribution in [3.8, 4) is 0 Å². The molecule has 0 bridgehead atoms. The Hall–Kier alpha value is -0.800. The highest BCUT2D eigenvalue weighted by molar-refractivity contribution is 5.20. The largest absolute Gasteiger partial charge is 0.464 e. The van der Waals surface area contributed by atoms with Gasteiger partial charge in [0.15, 0.2) is 0 Å². The molecular formula is C8H13NO2. The van der Waals surface area contributed by atoms with Crippen molar-refractivity contribution in [2.45, 2.75) is 19.9 Å². The summed E-state index contributed by atoms with van der Waals surface area (Å²) in [5.41, 5.74) is 6.61. The fraction of sp³-hybridized carbons (Fsp3) is 0.500. The van der Waals surface area contributed by atoms with Crippen molar-refractivity contribution in [3.63, 3.8) is 0 Å². The zero-order valence-corrected chi connectivity index (χ0v) is 6.79. The fourth-order valence-corrected chi connectivity index (χ4v) is 0.874. The molecule has 1 aromatic heterocycles. The summed E-state index contributed by atoms with van der Waals surface area (Å²) in [6.07, 6.45) is 0. The molecule has 0 aliphatic carbocycles. The van der Waals surface area contributed by atoms with Crippen molar-refractivity contribution < 1.29 is 9.52 Å². The molecule has 0 aliphatic rings. The minimum Gasteiger partial charge on any atom is -0.464 e. The van der Waals surface area contributed by atoms with E-state index in [1.165, 1.54) is 0 Å². The summed E-state index contributed by atoms with van der Waals surface area (Å²) in [5, 5.41) is 8.70. The van der Waals surface area contributed by atoms with Gasteiger partial charge in [0.05, 0.1) is 12.6 Å². The van der Waals surface area contributed by atoms with Gasteiger partial charge in [0.25, 0.3) is 0 Å². The van der Waals surface area contributed by atoms with Crippen LogP contribution in [0.1, 0.15) is 23.1 Å². The van der Waals surface area contributed by atoms with Crippen LogP contribution in [0.5, 0.6) is 0 Å². The Morgan fingerprint density at radius 1 is 1.64 bits per heavy atom. The van der Waals surface area contributed by atoms with Crippen LogP contribution in [0.3, 0.4) is 0 Å². The Bertz CT molecular complexity index is 223. The molecule has 0 unspecified atom stereocenters. The molecule has 62 valence electrons. The Labute approximate surface area is 65.8 Å². The predicted octanol–water partition coefficient (Wildman–Crippen LogP) is 0.889. The van der Waals surface area contributed by atoms with Crippen LogP contribution in [0.25, 0.3) is 0 Å². The minimum atomic E-state index is -0.387. The molecule has 1 aromatic rings. The first-order chi connectivity index (χ1) is 5.15. The lowest BCUT2D eigenvalue weighted by molar-refractivity contribution is 0.250. The van der Waals surface area contributed by atoms with Crippen LogP contribution in [-0.2, 0) is 0 Å². The Balaban J connectivity index is 2.88. The van der Waals surface area contributed by atoms with Gasteiger partial charge in [0.1, 0.15) is 11.5 Å². The second-order valence-corrected chi connectivity index (χ2v) is 2.68. The zero-order valence-electron chi connectivity index (χ0n) is 6.79. The van der Waals surface area contributed by atoms with Gasteiger partial charge >= 0.3 is 0 Å². The molecule has 1 atom stereocenters. The van der Waals surface area contributed by atoms with Gasteiger partial charge < -0.3 is 15.3 Å². The van der Waals surface area contributed by atoms with Crippen LogP contribution in [0, 0.1) is 13.8 Å². The molecule has 11 heavy (non-hydrogen) atoms. The second kappa shape index (κ2) is 3.07. The quantitative estimate of drug-likeness (QED) is 0.666. The van der Waals surface area contributed by atoms with Crippen molar-refractivity contribution in [1.82, 2.24) is 0 Å². The molecule has 3 N–H and O–H groups in total. The number of aliphatic hydroxyl groups excluding tert-OH is 1. The number of furan rings is 1. The molecule has 3 nitrogen and oxygen atoms in total. The van der Waals surface area contributed by atoms with E-state index >= 15 is 0 Å². The summed E-state index contributed by atoms with van der Waals surface area (Å²) < 4.78 is 5.28. The smallest absolute Gasteiger partial charge is 0.123 e. The minimum absolute atomic E-state index is 0.0770. The SMILES string of the molecule is Cc1cc([C@@H](N)CO)oc1C. The molecule has 0 saturated heterocycles. The highest BCUT2D eigenvalue weighted by atomic mass is 16.3. The summed E-state index contributed by atoms with van der Waals surface area (Å²) in [7, 11) is 0. The topological polar surface area (TPSA) is 59.4 Å². The van der Waals surface area contributed by atoms with E-state index < -0.39 is 0 Å². The average Bonchev–Trinajstić information content (AvgIpc) is 2.31. The third-order valence-electron chi connectivity index (χ3n) is 1.75. The summed E-state index contributed by atoms with van der Waals surface area (Å²) in [5.74, 6) is 1.52. The zero-order chi connectivity index (χ0) is 8.43. The third kappa shape index (κ3) is 1.61. The van der Waals surface area contributed by atoms with Crippen molar-refractivity contribution >= 4 is 0 Å². The van der Waals surface area contributed by atoms with Gasteiger partial charge in [0, 0.05) is 0 Å². The van der Waals surface area contributed by atoms with Gasteiger partial charge in [-0.2, -0.15) is 0 Å². The Morgan fingerprint density at radius 3 is 2.64 bits per heavy atom. The number of rotatable bonds is 2. The van der Waals surface area contributed by atoms with Crippen LogP contribution in [-0.4, -0.2) is 11.7 Å². The maximum Gasteiger partial charge on any atom is 0.123 e. The maximum absolute atomic E-state index is 8.70. The van der Waals surface area contributed by atoms with E-state index in [2.05, 4.69) is 0 Å². The average molecular weight is 155 g/mol. The number of hydrogen-bond donors (Lipinski definition) is 2. The van der Waals surface area contributed by atoms with E-state index in [0.717, 1.165) is 11.3 Å². The monoisotopic (exact) mass is 155 g/mol. The summed E-state index contributed by atoms with van der Waals surface area (Å²) in [4.78, 5) is 0. The van der Waals surface area contributed by atoms with Crippen molar-refractivity contribution in [1.29, 1.82) is 0 Å². The number of hydrogen-bond acceptors (Lipinski definition) is 3. The molecule has 1 rings (SSSR count). The van der Waals surface area contributed by atoms with E-state index in [-0.39, 0.29) is 12.6 Å². The van der Waals surface area contributed by atoms with Gasteiger partial charge in [0.2, 0.25) is 0 Å². The van der Waals surface area contributed by atoms with E-state index in [1.54, 1.807) is 0 Å². The summed E-state index contributed by atoms with van der Waals surface area (Å²) >= 11 is 0. The van der Waals surface area contributed by atoms with E-state index in [4.69, 9.17) is 15.3 Å². The lowest BCUT2D eigenvalue weighted by Gasteiger charge is -2.01. The lowest BCUT2D eigenvalue weighted by atomic mass is 10.2. The molecule has 0 radical (unpaired) electrons. The molecule has 0 aliphatic heterocycles. The molecule has 0 spiro atoms. The molecule has 0 aromatic carbocycles. The first kappa shape index (κ1) is 8.30. The number of aliphatic hydroxyl groups is 1. The number of nitrogens with two attached hydrogens (primary N) is 1. The Kier molecular flexibility index (Phi) is 2.31. The van der Waals surface area contributed by atoms with Gasteiger partial charge in [-0.05, 0) is 25.5 Å². The molecule has 3 heteroatoms. The summed E-state index contributed by atoms with van der Waals surface area (Å²) in [6.45, 7) is 3.75. The highest BCUT2D eigenvalue weighted by Crippen LogP contribution is 2.17. The van der Waals surface area contributed by atoms with Crippen molar-refractivity contribution in [2.24, 2.45) is 5.73 Å². The first-order valence-electron chi connectivity index (χ1n) is 3.58. The van der Waals surface area contributed by atoms with Gasteiger partial charge in [-0.3, -0.25) is 0 Å². The molecule has 1 heterocycles. The molecule has 0 fully saturated rings. The van der Waals surface area contributed by atoms with Gasteiger partial charge in [-0.1, -0.05) is 0 Å². The predicted molar refractivity (Wildman–Crippen MR) is 42.2 cm³/mol. The van der Waals surface area contributed by atoms with E-state index in [0.29, 0.717) is 5.76 Å². The van der Waals surface area contributed by atoms with Crippen LogP contribution in [0.15, 0.2) is 10.5 Å². The first-order valence-corrected chi connectivity index (χ1v) is 3.58. The van der Waals surface area contributed by atoms with Crippen LogP contribution in [0.4, 0.5) is 0 Å². The fourth-order valence-electron chi connectivity index (χ4n) is 0.874. The normalized spacial score (nSPS) is 13.5. The van der Waals surface area contributed by atoms with E-state index in [1.807, 2.05) is 19.9 Å². The molecule has 0 saturated carbocycles. The van der Waals surface area contributed by atoms with E-state index in [9.17, 15) is 0 Å². The highest BCUT2D eigenvalue weighted by Gasteiger charge is 2.10. The number of aryl methyl sites for hydroxylation is 2. The standard InChI is InChI=1S/C8H13NO2/c1-5-3-8(7(9)4-10)11-6(5)2/h3,7,10H,4,9H2,1-2H3/t7-/m0/s1. The second-order valence-electron chi connectivity index (χ2n) is 2.68. The Morgan fingerprint density at radius 2 is 2.27 bits per heavy atom. The van der Waals surface area contributed by atoms with Crippen LogP contribution in [0.2, 0.25) is 0 Å².